The molecule has 28 heavy (non-hydrogen) atoms. The van der Waals surface area contributed by atoms with E-state index in [0.717, 1.165) is 6.07 Å². The van der Waals surface area contributed by atoms with Gasteiger partial charge in [-0.2, -0.15) is 13.4 Å². The molecular formula is C15H18N6O6S. The molecule has 0 unspecified atom stereocenters. The smallest absolute Gasteiger partial charge is 0.336 e. The summed E-state index contributed by atoms with van der Waals surface area (Å²) in [6, 6.07) is 5.75. The fraction of sp³-hybridized carbons (Fsp3) is 0.200. The van der Waals surface area contributed by atoms with Crippen molar-refractivity contribution in [3.05, 3.63) is 46.2 Å². The van der Waals surface area contributed by atoms with Crippen LogP contribution in [0.5, 0.6) is 5.88 Å². The Morgan fingerprint density at radius 2 is 1.89 bits per heavy atom. The minimum Gasteiger partial charge on any atom is -0.481 e. The van der Waals surface area contributed by atoms with E-state index in [1.807, 2.05) is 0 Å². The van der Waals surface area contributed by atoms with Crippen LogP contribution >= 0.6 is 0 Å². The molecule has 3 amide bonds. The second-order valence-electron chi connectivity index (χ2n) is 5.54. The molecule has 2 aromatic rings. The van der Waals surface area contributed by atoms with Crippen LogP contribution in [0.3, 0.4) is 0 Å². The molecule has 0 saturated heterocycles. The van der Waals surface area contributed by atoms with E-state index in [4.69, 9.17) is 4.74 Å². The molecule has 0 radical (unpaired) electrons. The van der Waals surface area contributed by atoms with Crippen LogP contribution in [-0.4, -0.2) is 56.4 Å². The molecule has 0 aliphatic rings. The zero-order valence-corrected chi connectivity index (χ0v) is 16.0. The van der Waals surface area contributed by atoms with Gasteiger partial charge in [-0.15, -0.1) is 0 Å². The third-order valence-electron chi connectivity index (χ3n) is 3.19. The molecule has 0 aliphatic heterocycles. The number of rotatable bonds is 6. The van der Waals surface area contributed by atoms with Gasteiger partial charge in [-0.25, -0.2) is 9.52 Å². The molecular weight excluding hydrogens is 392 g/mol. The van der Waals surface area contributed by atoms with Gasteiger partial charge in [0, 0.05) is 14.1 Å². The van der Waals surface area contributed by atoms with Crippen LogP contribution < -0.4 is 25.1 Å². The SMILES string of the molecule is COc1cc(=O)[nH]c(NC(=O)NS(=O)(=O)Nc2ccccc2C(=O)N(C)C)n1. The predicted octanol–water partition coefficient (Wildman–Crippen LogP) is -0.0413. The summed E-state index contributed by atoms with van der Waals surface area (Å²) >= 11 is 0. The molecule has 2 rings (SSSR count). The number of hydrogen-bond donors (Lipinski definition) is 4. The van der Waals surface area contributed by atoms with Gasteiger partial charge in [0.1, 0.15) is 0 Å². The summed E-state index contributed by atoms with van der Waals surface area (Å²) in [6.45, 7) is 0. The topological polar surface area (TPSA) is 163 Å². The molecule has 13 heteroatoms. The Labute approximate surface area is 160 Å². The van der Waals surface area contributed by atoms with Crippen molar-refractivity contribution in [2.75, 3.05) is 31.2 Å². The van der Waals surface area contributed by atoms with E-state index in [9.17, 15) is 22.8 Å². The Hall–Kier alpha value is -3.61. The number of aromatic nitrogens is 2. The van der Waals surface area contributed by atoms with Crippen LogP contribution in [0, 0.1) is 0 Å². The number of methoxy groups -OCH3 is 1. The molecule has 0 aliphatic carbocycles. The second-order valence-corrected chi connectivity index (χ2v) is 6.96. The first-order chi connectivity index (χ1) is 13.1. The highest BCUT2D eigenvalue weighted by molar-refractivity contribution is 7.91. The van der Waals surface area contributed by atoms with Gasteiger partial charge in [0.2, 0.25) is 11.8 Å². The van der Waals surface area contributed by atoms with Crippen LogP contribution in [0.1, 0.15) is 10.4 Å². The molecule has 0 bridgehead atoms. The molecule has 12 nitrogen and oxygen atoms in total. The number of amides is 3. The normalized spacial score (nSPS) is 10.7. The number of hydrogen-bond acceptors (Lipinski definition) is 7. The number of aromatic amines is 1. The zero-order valence-electron chi connectivity index (χ0n) is 15.1. The second kappa shape index (κ2) is 8.39. The first-order valence-corrected chi connectivity index (χ1v) is 9.17. The molecule has 1 aromatic heterocycles. The summed E-state index contributed by atoms with van der Waals surface area (Å²) in [4.78, 5) is 42.7. The first kappa shape index (κ1) is 20.7. The lowest BCUT2D eigenvalue weighted by molar-refractivity contribution is 0.0828. The van der Waals surface area contributed by atoms with E-state index < -0.39 is 27.7 Å². The molecule has 0 saturated carbocycles. The fourth-order valence-corrected chi connectivity index (χ4v) is 2.84. The monoisotopic (exact) mass is 410 g/mol. The maximum atomic E-state index is 12.2. The molecule has 4 N–H and O–H groups in total. The van der Waals surface area contributed by atoms with Gasteiger partial charge in [0.15, 0.2) is 0 Å². The van der Waals surface area contributed by atoms with Gasteiger partial charge in [0.25, 0.3) is 11.5 Å². The zero-order chi connectivity index (χ0) is 20.9. The number of nitrogens with one attached hydrogen (secondary N) is 4. The Kier molecular flexibility index (Phi) is 6.20. The molecule has 1 heterocycles. The van der Waals surface area contributed by atoms with Crippen molar-refractivity contribution in [2.24, 2.45) is 0 Å². The molecule has 0 atom stereocenters. The largest absolute Gasteiger partial charge is 0.481 e. The summed E-state index contributed by atoms with van der Waals surface area (Å²) in [6.07, 6.45) is 0. The molecule has 1 aromatic carbocycles. The molecule has 150 valence electrons. The fourth-order valence-electron chi connectivity index (χ4n) is 2.02. The summed E-state index contributed by atoms with van der Waals surface area (Å²) in [7, 11) is -0.0948. The van der Waals surface area contributed by atoms with E-state index >= 15 is 0 Å². The Bertz CT molecular complexity index is 1050. The van der Waals surface area contributed by atoms with Gasteiger partial charge in [-0.05, 0) is 12.1 Å². The number of H-pyrrole nitrogens is 1. The van der Waals surface area contributed by atoms with Crippen molar-refractivity contribution in [1.82, 2.24) is 19.6 Å². The number of nitrogens with zero attached hydrogens (tertiary/aromatic N) is 2. The highest BCUT2D eigenvalue weighted by atomic mass is 32.2. The van der Waals surface area contributed by atoms with Gasteiger partial charge in [-0.1, -0.05) is 12.1 Å². The maximum Gasteiger partial charge on any atom is 0.336 e. The predicted molar refractivity (Wildman–Crippen MR) is 101 cm³/mol. The van der Waals surface area contributed by atoms with Gasteiger partial charge < -0.3 is 9.64 Å². The van der Waals surface area contributed by atoms with Crippen molar-refractivity contribution in [2.45, 2.75) is 0 Å². The number of carbonyl (C=O) groups is 2. The average Bonchev–Trinajstić information content (AvgIpc) is 2.59. The van der Waals surface area contributed by atoms with Crippen molar-refractivity contribution in [3.8, 4) is 5.88 Å². The minimum atomic E-state index is -4.40. The Balaban J connectivity index is 2.14. The van der Waals surface area contributed by atoms with Crippen molar-refractivity contribution >= 4 is 33.8 Å². The highest BCUT2D eigenvalue weighted by Gasteiger charge is 2.20. The van der Waals surface area contributed by atoms with Crippen molar-refractivity contribution < 1.29 is 22.7 Å². The van der Waals surface area contributed by atoms with Gasteiger partial charge in [-0.3, -0.25) is 24.6 Å². The van der Waals surface area contributed by atoms with Gasteiger partial charge >= 0.3 is 16.2 Å². The van der Waals surface area contributed by atoms with Crippen LogP contribution in [0.15, 0.2) is 35.1 Å². The quantitative estimate of drug-likeness (QED) is 0.519. The lowest BCUT2D eigenvalue weighted by Gasteiger charge is -2.15. The number of para-hydroxylation sites is 1. The van der Waals surface area contributed by atoms with E-state index in [2.05, 4.69) is 20.0 Å². The average molecular weight is 410 g/mol. The minimum absolute atomic E-state index is 0.0191. The first-order valence-electron chi connectivity index (χ1n) is 7.69. The van der Waals surface area contributed by atoms with Crippen LogP contribution in [0.2, 0.25) is 0 Å². The maximum absolute atomic E-state index is 12.2. The van der Waals surface area contributed by atoms with Gasteiger partial charge in [0.05, 0.1) is 24.4 Å². The van der Waals surface area contributed by atoms with E-state index in [-0.39, 0.29) is 23.1 Å². The number of benzene rings is 1. The highest BCUT2D eigenvalue weighted by Crippen LogP contribution is 2.17. The summed E-state index contributed by atoms with van der Waals surface area (Å²) < 4.78 is 33.0. The Morgan fingerprint density at radius 3 is 2.54 bits per heavy atom. The lowest BCUT2D eigenvalue weighted by Crippen LogP contribution is -2.39. The van der Waals surface area contributed by atoms with E-state index in [1.165, 1.54) is 44.3 Å². The van der Waals surface area contributed by atoms with Crippen LogP contribution in [-0.2, 0) is 10.2 Å². The van der Waals surface area contributed by atoms with E-state index in [1.54, 1.807) is 10.8 Å². The molecule has 0 spiro atoms. The van der Waals surface area contributed by atoms with Crippen molar-refractivity contribution in [3.63, 3.8) is 0 Å². The Morgan fingerprint density at radius 1 is 1.21 bits per heavy atom. The summed E-state index contributed by atoms with van der Waals surface area (Å²) in [5, 5.41) is 2.06. The third kappa shape index (κ3) is 5.44. The van der Waals surface area contributed by atoms with Crippen LogP contribution in [0.25, 0.3) is 0 Å². The molecule has 0 fully saturated rings. The summed E-state index contributed by atoms with van der Waals surface area (Å²) in [5.41, 5.74) is -0.536. The third-order valence-corrected chi connectivity index (χ3v) is 4.14. The summed E-state index contributed by atoms with van der Waals surface area (Å²) in [5.74, 6) is -0.822. The lowest BCUT2D eigenvalue weighted by atomic mass is 10.1. The standard InChI is InChI=1S/C15H18N6O6S/c1-21(2)13(23)9-6-4-5-7-10(9)19-28(25,26)20-15(24)18-14-16-11(22)8-12(17-14)27-3/h4-8,19H,1-3H3,(H3,16,17,18,20,22,24). The number of anilines is 2. The van der Waals surface area contributed by atoms with E-state index in [0.29, 0.717) is 0 Å². The number of ether oxygens (including phenoxy) is 1. The number of carbonyl (C=O) groups excluding carboxylic acids is 2. The number of urea groups is 1. The van der Waals surface area contributed by atoms with Crippen LogP contribution in [0.4, 0.5) is 16.4 Å². The van der Waals surface area contributed by atoms with Crippen molar-refractivity contribution in [1.29, 1.82) is 0 Å².